The normalized spacial score (nSPS) is 17.8. The van der Waals surface area contributed by atoms with E-state index in [0.717, 1.165) is 11.3 Å². The number of benzene rings is 2. The molecule has 2 unspecified atom stereocenters. The Morgan fingerprint density at radius 3 is 2.62 bits per heavy atom. The van der Waals surface area contributed by atoms with Gasteiger partial charge in [-0.25, -0.2) is 4.98 Å². The van der Waals surface area contributed by atoms with Gasteiger partial charge in [0, 0.05) is 35.6 Å². The summed E-state index contributed by atoms with van der Waals surface area (Å²) >= 11 is 0. The first-order valence-corrected chi connectivity index (χ1v) is 10.9. The Hall–Kier alpha value is -4.18. The summed E-state index contributed by atoms with van der Waals surface area (Å²) in [4.78, 5) is 24.1. The van der Waals surface area contributed by atoms with Crippen molar-refractivity contribution in [3.63, 3.8) is 0 Å². The lowest BCUT2D eigenvalue weighted by Crippen LogP contribution is -2.52. The number of nitrogens with two attached hydrogens (primary N) is 2. The van der Waals surface area contributed by atoms with Crippen molar-refractivity contribution in [2.45, 2.75) is 19.1 Å². The lowest BCUT2D eigenvalue weighted by atomic mass is 10.1. The van der Waals surface area contributed by atoms with Crippen molar-refractivity contribution in [3.8, 4) is 11.3 Å². The summed E-state index contributed by atoms with van der Waals surface area (Å²) in [5.41, 5.74) is 14.7. The molecule has 1 saturated heterocycles. The number of morpholine rings is 1. The highest BCUT2D eigenvalue weighted by Crippen LogP contribution is 2.29. The lowest BCUT2D eigenvalue weighted by molar-refractivity contribution is -0.128. The number of carbonyl (C=O) groups is 1. The number of ether oxygens (including phenoxy) is 1. The van der Waals surface area contributed by atoms with Crippen molar-refractivity contribution in [1.82, 2.24) is 9.97 Å². The Balaban J connectivity index is 1.61. The van der Waals surface area contributed by atoms with Gasteiger partial charge in [0.2, 0.25) is 5.95 Å². The molecule has 1 amide bonds. The number of anilines is 4. The molecule has 0 saturated carbocycles. The van der Waals surface area contributed by atoms with E-state index in [1.54, 1.807) is 19.2 Å². The molecular weight excluding hydrogens is 432 g/mol. The summed E-state index contributed by atoms with van der Waals surface area (Å²) in [6, 6.07) is 16.4. The number of amides is 1. The van der Waals surface area contributed by atoms with Crippen LogP contribution in [0.25, 0.3) is 11.3 Å². The fourth-order valence-electron chi connectivity index (χ4n) is 3.79. The highest BCUT2D eigenvalue weighted by Gasteiger charge is 2.32. The van der Waals surface area contributed by atoms with Gasteiger partial charge >= 0.3 is 0 Å². The molecule has 1 aromatic heterocycles. The number of hydrogen-bond donors (Lipinski definition) is 5. The summed E-state index contributed by atoms with van der Waals surface area (Å²) in [5.74, 6) is 0.798. The van der Waals surface area contributed by atoms with Crippen LogP contribution in [0.2, 0.25) is 0 Å². The highest BCUT2D eigenvalue weighted by molar-refractivity contribution is 6.00. The van der Waals surface area contributed by atoms with E-state index in [1.165, 1.54) is 0 Å². The van der Waals surface area contributed by atoms with Crippen LogP contribution in [-0.4, -0.2) is 54.1 Å². The van der Waals surface area contributed by atoms with Gasteiger partial charge < -0.3 is 31.7 Å². The minimum atomic E-state index is -0.654. The van der Waals surface area contributed by atoms with E-state index >= 15 is 0 Å². The first-order chi connectivity index (χ1) is 16.4. The van der Waals surface area contributed by atoms with E-state index < -0.39 is 6.10 Å². The standard InChI is InChI=1S/C24H28N8O2/c1-14-13-34-20(23(33)29-16-6-4-3-5-7-16)12-32(14)21-11-19(30-24(28-2)31-21)15-8-9-17(22(26)27)18(25)10-15/h3-11,14,20H,12-13,25H2,1-2H3,(H3,26,27)(H,29,33)(H,28,30,31). The van der Waals surface area contributed by atoms with E-state index in [2.05, 4.69) is 20.6 Å². The topological polar surface area (TPSA) is 155 Å². The first-order valence-electron chi connectivity index (χ1n) is 10.9. The van der Waals surface area contributed by atoms with Crippen molar-refractivity contribution in [2.24, 2.45) is 5.73 Å². The SMILES string of the molecule is CNc1nc(-c2ccc(C(=N)N)c(N)c2)cc(N2CC(C(=O)Nc3ccccc3)OCC2C)n1. The van der Waals surface area contributed by atoms with Gasteiger partial charge in [-0.15, -0.1) is 0 Å². The summed E-state index contributed by atoms with van der Waals surface area (Å²) in [6.07, 6.45) is -0.654. The minimum absolute atomic E-state index is 0.00149. The molecule has 0 bridgehead atoms. The maximum absolute atomic E-state index is 12.8. The van der Waals surface area contributed by atoms with E-state index in [-0.39, 0.29) is 17.8 Å². The van der Waals surface area contributed by atoms with Gasteiger partial charge in [-0.1, -0.05) is 24.3 Å². The second-order valence-corrected chi connectivity index (χ2v) is 8.08. The second-order valence-electron chi connectivity index (χ2n) is 8.08. The molecule has 2 heterocycles. The van der Waals surface area contributed by atoms with Crippen LogP contribution >= 0.6 is 0 Å². The third-order valence-corrected chi connectivity index (χ3v) is 5.63. The van der Waals surface area contributed by atoms with Gasteiger partial charge in [0.1, 0.15) is 11.7 Å². The molecule has 176 valence electrons. The Labute approximate surface area is 197 Å². The number of amidine groups is 1. The number of carbonyl (C=O) groups excluding carboxylic acids is 1. The van der Waals surface area contributed by atoms with Crippen molar-refractivity contribution in [3.05, 3.63) is 60.2 Å². The van der Waals surface area contributed by atoms with Crippen molar-refractivity contribution in [1.29, 1.82) is 5.41 Å². The molecular formula is C24H28N8O2. The molecule has 0 aliphatic carbocycles. The Bertz CT molecular complexity index is 1200. The number of para-hydroxylation sites is 1. The van der Waals surface area contributed by atoms with Gasteiger partial charge in [-0.05, 0) is 31.2 Å². The number of nitrogen functional groups attached to an aromatic ring is 2. The van der Waals surface area contributed by atoms with Crippen LogP contribution in [0.4, 0.5) is 23.1 Å². The van der Waals surface area contributed by atoms with Crippen molar-refractivity contribution in [2.75, 3.05) is 41.5 Å². The van der Waals surface area contributed by atoms with Crippen LogP contribution in [-0.2, 0) is 9.53 Å². The molecule has 34 heavy (non-hydrogen) atoms. The number of nitrogens with zero attached hydrogens (tertiary/aromatic N) is 3. The predicted molar refractivity (Wildman–Crippen MR) is 134 cm³/mol. The van der Waals surface area contributed by atoms with E-state index in [0.29, 0.717) is 41.9 Å². The smallest absolute Gasteiger partial charge is 0.255 e. The monoisotopic (exact) mass is 460 g/mol. The molecule has 7 N–H and O–H groups in total. The number of nitrogens with one attached hydrogen (secondary N) is 3. The minimum Gasteiger partial charge on any atom is -0.398 e. The number of hydrogen-bond acceptors (Lipinski definition) is 8. The maximum atomic E-state index is 12.8. The number of aromatic nitrogens is 2. The molecule has 4 rings (SSSR count). The molecule has 10 nitrogen and oxygen atoms in total. The molecule has 3 aromatic rings. The summed E-state index contributed by atoms with van der Waals surface area (Å²) in [5, 5.41) is 13.5. The van der Waals surface area contributed by atoms with E-state index in [9.17, 15) is 4.79 Å². The molecule has 2 atom stereocenters. The highest BCUT2D eigenvalue weighted by atomic mass is 16.5. The van der Waals surface area contributed by atoms with Crippen LogP contribution in [0.3, 0.4) is 0 Å². The molecule has 10 heteroatoms. The van der Waals surface area contributed by atoms with Gasteiger partial charge in [0.05, 0.1) is 24.9 Å². The Morgan fingerprint density at radius 1 is 1.18 bits per heavy atom. The molecule has 0 spiro atoms. The van der Waals surface area contributed by atoms with Gasteiger partial charge in [0.25, 0.3) is 5.91 Å². The van der Waals surface area contributed by atoms with Crippen LogP contribution in [0, 0.1) is 5.41 Å². The zero-order valence-corrected chi connectivity index (χ0v) is 19.1. The molecule has 2 aromatic carbocycles. The fourth-order valence-corrected chi connectivity index (χ4v) is 3.79. The number of rotatable bonds is 6. The van der Waals surface area contributed by atoms with Crippen LogP contribution in [0.1, 0.15) is 12.5 Å². The summed E-state index contributed by atoms with van der Waals surface area (Å²) in [7, 11) is 1.74. The Morgan fingerprint density at radius 2 is 1.94 bits per heavy atom. The van der Waals surface area contributed by atoms with Gasteiger partial charge in [0.15, 0.2) is 6.10 Å². The molecule has 1 aliphatic heterocycles. The molecule has 1 aliphatic rings. The fraction of sp³-hybridized carbons (Fsp3) is 0.250. The molecule has 1 fully saturated rings. The Kier molecular flexibility index (Phi) is 6.60. The van der Waals surface area contributed by atoms with Crippen LogP contribution in [0.5, 0.6) is 0 Å². The molecule has 0 radical (unpaired) electrons. The zero-order chi connectivity index (χ0) is 24.2. The predicted octanol–water partition coefficient (Wildman–Crippen LogP) is 2.28. The quantitative estimate of drug-likeness (QED) is 0.213. The largest absolute Gasteiger partial charge is 0.398 e. The first kappa shape index (κ1) is 23.0. The lowest BCUT2D eigenvalue weighted by Gasteiger charge is -2.38. The second kappa shape index (κ2) is 9.75. The third kappa shape index (κ3) is 4.91. The van der Waals surface area contributed by atoms with Gasteiger partial charge in [-0.3, -0.25) is 10.2 Å². The third-order valence-electron chi connectivity index (χ3n) is 5.63. The average molecular weight is 461 g/mol. The van der Waals surface area contributed by atoms with Crippen LogP contribution < -0.4 is 27.0 Å². The average Bonchev–Trinajstić information content (AvgIpc) is 2.84. The van der Waals surface area contributed by atoms with Crippen LogP contribution in [0.15, 0.2) is 54.6 Å². The zero-order valence-electron chi connectivity index (χ0n) is 19.1. The van der Waals surface area contributed by atoms with Crippen molar-refractivity contribution < 1.29 is 9.53 Å². The summed E-state index contributed by atoms with van der Waals surface area (Å²) in [6.45, 7) is 2.73. The van der Waals surface area contributed by atoms with E-state index in [4.69, 9.17) is 21.6 Å². The van der Waals surface area contributed by atoms with E-state index in [1.807, 2.05) is 54.3 Å². The summed E-state index contributed by atoms with van der Waals surface area (Å²) < 4.78 is 5.84. The van der Waals surface area contributed by atoms with Crippen molar-refractivity contribution >= 4 is 34.9 Å². The maximum Gasteiger partial charge on any atom is 0.255 e. The van der Waals surface area contributed by atoms with Gasteiger partial charge in [-0.2, -0.15) is 4.98 Å².